The number of hydrogen-bond donors (Lipinski definition) is 4. The zero-order chi connectivity index (χ0) is 24.6. The van der Waals surface area contributed by atoms with E-state index in [2.05, 4.69) is 60.8 Å². The summed E-state index contributed by atoms with van der Waals surface area (Å²) in [5, 5.41) is 16.5. The second-order valence-electron chi connectivity index (χ2n) is 9.91. The van der Waals surface area contributed by atoms with E-state index < -0.39 is 18.0 Å². The van der Waals surface area contributed by atoms with E-state index in [1.165, 1.54) is 11.1 Å². The number of aryl methyl sites for hydroxylation is 1. The summed E-state index contributed by atoms with van der Waals surface area (Å²) in [6.45, 7) is 5.75. The van der Waals surface area contributed by atoms with Crippen molar-refractivity contribution in [2.45, 2.75) is 76.9 Å². The maximum absolute atomic E-state index is 13.0. The van der Waals surface area contributed by atoms with Gasteiger partial charge in [-0.25, -0.2) is 4.79 Å². The van der Waals surface area contributed by atoms with E-state index in [0.29, 0.717) is 6.42 Å². The molecule has 4 N–H and O–H groups in total. The summed E-state index contributed by atoms with van der Waals surface area (Å²) in [6.07, 6.45) is 3.90. The Balaban J connectivity index is 1.98. The summed E-state index contributed by atoms with van der Waals surface area (Å²) in [5.74, 6) is -0.504. The van der Waals surface area contributed by atoms with Gasteiger partial charge in [0.25, 0.3) is 0 Å². The van der Waals surface area contributed by atoms with Gasteiger partial charge in [0.15, 0.2) is 0 Å². The van der Waals surface area contributed by atoms with Gasteiger partial charge in [0.2, 0.25) is 11.8 Å². The molecular weight excluding hydrogens is 420 g/mol. The van der Waals surface area contributed by atoms with Crippen LogP contribution in [-0.2, 0) is 16.0 Å². The Morgan fingerprint density at radius 3 is 2.33 bits per heavy atom. The van der Waals surface area contributed by atoms with Gasteiger partial charge in [-0.1, -0.05) is 38.1 Å². The van der Waals surface area contributed by atoms with Gasteiger partial charge in [-0.15, -0.1) is 0 Å². The molecule has 0 aliphatic heterocycles. The molecule has 1 unspecified atom stereocenters. The molecule has 1 aromatic carbocycles. The Morgan fingerprint density at radius 1 is 1.15 bits per heavy atom. The number of carboxylic acid groups (broad SMARTS) is 1. The van der Waals surface area contributed by atoms with E-state index in [4.69, 9.17) is 5.11 Å². The van der Waals surface area contributed by atoms with Crippen molar-refractivity contribution < 1.29 is 19.5 Å². The predicted molar refractivity (Wildman–Crippen MR) is 129 cm³/mol. The van der Waals surface area contributed by atoms with Gasteiger partial charge >= 0.3 is 6.09 Å². The van der Waals surface area contributed by atoms with Crippen LogP contribution in [0.1, 0.15) is 57.1 Å². The number of nitrogens with zero attached hydrogens (tertiary/aromatic N) is 1. The average Bonchev–Trinajstić information content (AvgIpc) is 2.74. The minimum Gasteiger partial charge on any atom is -0.465 e. The van der Waals surface area contributed by atoms with E-state index in [1.807, 2.05) is 19.2 Å². The quantitative estimate of drug-likeness (QED) is 0.429. The lowest BCUT2D eigenvalue weighted by molar-refractivity contribution is -0.129. The Labute approximate surface area is 197 Å². The second-order valence-corrected chi connectivity index (χ2v) is 9.91. The van der Waals surface area contributed by atoms with Crippen molar-refractivity contribution in [3.05, 3.63) is 35.4 Å². The number of hydrogen-bond acceptors (Lipinski definition) is 4. The fourth-order valence-corrected chi connectivity index (χ4v) is 4.65. The lowest BCUT2D eigenvalue weighted by Crippen LogP contribution is -2.55. The molecule has 1 aromatic rings. The van der Waals surface area contributed by atoms with E-state index >= 15 is 0 Å². The first kappa shape index (κ1) is 26.6. The van der Waals surface area contributed by atoms with E-state index in [-0.39, 0.29) is 30.0 Å². The van der Waals surface area contributed by atoms with Gasteiger partial charge < -0.3 is 26.0 Å². The first-order valence-corrected chi connectivity index (χ1v) is 11.8. The van der Waals surface area contributed by atoms with Crippen LogP contribution in [0.4, 0.5) is 4.79 Å². The molecular formula is C25H40N4O4. The molecule has 1 saturated carbocycles. The highest BCUT2D eigenvalue weighted by atomic mass is 16.4. The number of carbonyl (C=O) groups is 3. The highest BCUT2D eigenvalue weighted by Gasteiger charge is 2.38. The Bertz CT molecular complexity index is 816. The van der Waals surface area contributed by atoms with Crippen LogP contribution < -0.4 is 16.0 Å². The number of amides is 3. The minimum atomic E-state index is -1.27. The molecule has 0 aromatic heterocycles. The molecule has 8 heteroatoms. The number of benzene rings is 1. The fraction of sp³-hybridized carbons (Fsp3) is 0.640. The maximum atomic E-state index is 13.0. The van der Waals surface area contributed by atoms with Crippen LogP contribution in [0.15, 0.2) is 24.3 Å². The molecule has 8 nitrogen and oxygen atoms in total. The molecule has 0 bridgehead atoms. The van der Waals surface area contributed by atoms with Crippen LogP contribution in [0.3, 0.4) is 0 Å². The van der Waals surface area contributed by atoms with Gasteiger partial charge in [-0.2, -0.15) is 0 Å². The zero-order valence-corrected chi connectivity index (χ0v) is 20.6. The average molecular weight is 461 g/mol. The Hall–Kier alpha value is -2.61. The number of carbonyl (C=O) groups excluding carboxylic acids is 2. The minimum absolute atomic E-state index is 0.0569. The third-order valence-electron chi connectivity index (χ3n) is 6.75. The number of rotatable bonds is 10. The van der Waals surface area contributed by atoms with Crippen molar-refractivity contribution in [2.24, 2.45) is 5.92 Å². The lowest BCUT2D eigenvalue weighted by atomic mass is 9.74. The Morgan fingerprint density at radius 2 is 1.79 bits per heavy atom. The topological polar surface area (TPSA) is 111 Å². The van der Waals surface area contributed by atoms with Crippen molar-refractivity contribution in [3.63, 3.8) is 0 Å². The van der Waals surface area contributed by atoms with Crippen molar-refractivity contribution in [3.8, 4) is 0 Å². The summed E-state index contributed by atoms with van der Waals surface area (Å²) < 4.78 is 0. The molecule has 1 atom stereocenters. The normalized spacial score (nSPS) is 21.5. The summed E-state index contributed by atoms with van der Waals surface area (Å²) in [6, 6.07) is 7.89. The largest absolute Gasteiger partial charge is 0.465 e. The maximum Gasteiger partial charge on any atom is 0.405 e. The van der Waals surface area contributed by atoms with Crippen molar-refractivity contribution in [2.75, 3.05) is 20.6 Å². The molecule has 2 rings (SSSR count). The highest BCUT2D eigenvalue weighted by molar-refractivity contribution is 5.89. The lowest BCUT2D eigenvalue weighted by Gasteiger charge is -2.46. The van der Waals surface area contributed by atoms with Gasteiger partial charge in [-0.05, 0) is 76.6 Å². The van der Waals surface area contributed by atoms with Crippen LogP contribution in [0.25, 0.3) is 0 Å². The predicted octanol–water partition coefficient (Wildman–Crippen LogP) is 2.70. The molecule has 1 aliphatic rings. The van der Waals surface area contributed by atoms with Crippen LogP contribution in [0.2, 0.25) is 0 Å². The molecule has 33 heavy (non-hydrogen) atoms. The first-order chi connectivity index (χ1) is 15.5. The summed E-state index contributed by atoms with van der Waals surface area (Å²) >= 11 is 0. The summed E-state index contributed by atoms with van der Waals surface area (Å²) in [4.78, 5) is 38.0. The zero-order valence-electron chi connectivity index (χ0n) is 20.6. The van der Waals surface area contributed by atoms with Crippen LogP contribution in [-0.4, -0.2) is 66.2 Å². The Kier molecular flexibility index (Phi) is 9.70. The smallest absolute Gasteiger partial charge is 0.405 e. The van der Waals surface area contributed by atoms with Crippen LogP contribution in [0, 0.1) is 12.8 Å². The van der Waals surface area contributed by atoms with Crippen LogP contribution in [0.5, 0.6) is 0 Å². The third-order valence-corrected chi connectivity index (χ3v) is 6.75. The number of likely N-dealkylation sites (N-methyl/N-ethyl adjacent to an activating group) is 1. The molecule has 0 radical (unpaired) electrons. The molecule has 1 aliphatic carbocycles. The molecule has 1 fully saturated rings. The molecule has 184 valence electrons. The van der Waals surface area contributed by atoms with Gasteiger partial charge in [0, 0.05) is 11.6 Å². The fourth-order valence-electron chi connectivity index (χ4n) is 4.65. The molecule has 0 saturated heterocycles. The van der Waals surface area contributed by atoms with Gasteiger partial charge in [0.05, 0.1) is 0 Å². The van der Waals surface area contributed by atoms with E-state index in [1.54, 1.807) is 0 Å². The summed E-state index contributed by atoms with van der Waals surface area (Å²) in [5.41, 5.74) is 2.73. The van der Waals surface area contributed by atoms with E-state index in [0.717, 1.165) is 32.1 Å². The van der Waals surface area contributed by atoms with Crippen LogP contribution >= 0.6 is 0 Å². The highest BCUT2D eigenvalue weighted by Crippen LogP contribution is 2.36. The number of nitrogens with one attached hydrogen (secondary N) is 3. The molecule has 0 spiro atoms. The van der Waals surface area contributed by atoms with Crippen molar-refractivity contribution in [1.29, 1.82) is 0 Å². The van der Waals surface area contributed by atoms with Crippen molar-refractivity contribution in [1.82, 2.24) is 20.9 Å². The standard InChI is InChI=1S/C25H40N4O4/c1-17(2)14-21(28-22(30)16-26-24(32)33)23(31)27-20-10-12-25(13-11-20,29(4)5)15-19-9-7-6-8-18(19)3/h6-9,17,20-21,26H,10-16H2,1-5H3,(H,27,31)(H,28,30)(H,32,33). The second kappa shape index (κ2) is 12.0. The molecule has 3 amide bonds. The first-order valence-electron chi connectivity index (χ1n) is 11.8. The third kappa shape index (κ3) is 8.03. The SMILES string of the molecule is Cc1ccccc1CC1(N(C)C)CCC(NC(=O)C(CC(C)C)NC(=O)CNC(=O)O)CC1. The summed E-state index contributed by atoms with van der Waals surface area (Å²) in [7, 11) is 4.27. The monoisotopic (exact) mass is 460 g/mol. The van der Waals surface area contributed by atoms with Gasteiger partial charge in [-0.3, -0.25) is 9.59 Å². The molecule has 0 heterocycles. The van der Waals surface area contributed by atoms with Gasteiger partial charge in [0.1, 0.15) is 12.6 Å². The van der Waals surface area contributed by atoms with E-state index in [9.17, 15) is 14.4 Å². The van der Waals surface area contributed by atoms with Crippen molar-refractivity contribution >= 4 is 17.9 Å².